The van der Waals surface area contributed by atoms with Crippen LogP contribution in [0.25, 0.3) is 0 Å². The van der Waals surface area contributed by atoms with Gasteiger partial charge in [0.15, 0.2) is 5.82 Å². The number of aromatic nitrogens is 3. The summed E-state index contributed by atoms with van der Waals surface area (Å²) in [5.74, 6) is 2.15. The van der Waals surface area contributed by atoms with E-state index >= 15 is 0 Å². The molecule has 1 amide bonds. The Morgan fingerprint density at radius 3 is 3.11 bits per heavy atom. The van der Waals surface area contributed by atoms with Crippen molar-refractivity contribution in [3.05, 3.63) is 11.6 Å². The zero-order valence-electron chi connectivity index (χ0n) is 11.4. The van der Waals surface area contributed by atoms with E-state index in [9.17, 15) is 4.79 Å². The minimum absolute atomic E-state index is 0.170. The van der Waals surface area contributed by atoms with E-state index in [4.69, 9.17) is 0 Å². The van der Waals surface area contributed by atoms with Gasteiger partial charge in [-0.05, 0) is 19.3 Å². The van der Waals surface area contributed by atoms with Gasteiger partial charge < -0.3 is 14.8 Å². The van der Waals surface area contributed by atoms with Gasteiger partial charge in [0.05, 0.1) is 6.54 Å². The fourth-order valence-corrected chi connectivity index (χ4v) is 2.49. The summed E-state index contributed by atoms with van der Waals surface area (Å²) in [6.07, 6.45) is 5.23. The second-order valence-corrected chi connectivity index (χ2v) is 5.52. The average Bonchev–Trinajstić information content (AvgIpc) is 2.97. The van der Waals surface area contributed by atoms with Crippen LogP contribution in [0.3, 0.4) is 0 Å². The first kappa shape index (κ1) is 12.6. The zero-order chi connectivity index (χ0) is 13.2. The van der Waals surface area contributed by atoms with Gasteiger partial charge in [-0.2, -0.15) is 0 Å². The quantitative estimate of drug-likeness (QED) is 0.803. The van der Waals surface area contributed by atoms with E-state index in [2.05, 4.69) is 20.1 Å². The molecule has 6 heteroatoms. The van der Waals surface area contributed by atoms with E-state index in [1.807, 2.05) is 7.05 Å². The van der Waals surface area contributed by atoms with E-state index < -0.39 is 0 Å². The van der Waals surface area contributed by atoms with Crippen molar-refractivity contribution in [2.45, 2.75) is 51.2 Å². The molecule has 1 aliphatic heterocycles. The van der Waals surface area contributed by atoms with Gasteiger partial charge in [-0.1, -0.05) is 0 Å². The largest absolute Gasteiger partial charge is 0.338 e. The first-order valence-electron chi connectivity index (χ1n) is 7.12. The average molecular weight is 263 g/mol. The molecular formula is C13H21N5O. The summed E-state index contributed by atoms with van der Waals surface area (Å²) < 4.78 is 2.15. The molecule has 1 aromatic rings. The number of carbonyl (C=O) groups excluding carboxylic acids is 1. The maximum absolute atomic E-state index is 12.0. The molecule has 104 valence electrons. The monoisotopic (exact) mass is 263 g/mol. The first-order chi connectivity index (χ1) is 9.24. The molecule has 19 heavy (non-hydrogen) atoms. The van der Waals surface area contributed by atoms with Crippen molar-refractivity contribution in [2.75, 3.05) is 13.6 Å². The number of hydrogen-bond acceptors (Lipinski definition) is 4. The van der Waals surface area contributed by atoms with Gasteiger partial charge >= 0.3 is 0 Å². The van der Waals surface area contributed by atoms with Crippen molar-refractivity contribution >= 4 is 5.91 Å². The highest BCUT2D eigenvalue weighted by atomic mass is 16.2. The second-order valence-electron chi connectivity index (χ2n) is 5.52. The van der Waals surface area contributed by atoms with Crippen molar-refractivity contribution in [1.82, 2.24) is 25.0 Å². The van der Waals surface area contributed by atoms with Gasteiger partial charge in [-0.3, -0.25) is 4.79 Å². The Kier molecular flexibility index (Phi) is 3.50. The van der Waals surface area contributed by atoms with Crippen LogP contribution in [-0.4, -0.2) is 45.2 Å². The summed E-state index contributed by atoms with van der Waals surface area (Å²) in [5, 5.41) is 11.7. The highest BCUT2D eigenvalue weighted by molar-refractivity contribution is 5.75. The fourth-order valence-electron chi connectivity index (χ4n) is 2.49. The van der Waals surface area contributed by atoms with Crippen molar-refractivity contribution in [1.29, 1.82) is 0 Å². The number of amides is 1. The van der Waals surface area contributed by atoms with Gasteiger partial charge in [0, 0.05) is 39.0 Å². The Morgan fingerprint density at radius 1 is 1.47 bits per heavy atom. The summed E-state index contributed by atoms with van der Waals surface area (Å²) in [6.45, 7) is 2.34. The Labute approximate surface area is 113 Å². The van der Waals surface area contributed by atoms with Gasteiger partial charge in [-0.25, -0.2) is 0 Å². The molecule has 2 aliphatic rings. The third-order valence-electron chi connectivity index (χ3n) is 3.84. The molecule has 1 aromatic heterocycles. The highest BCUT2D eigenvalue weighted by Crippen LogP contribution is 2.18. The SMILES string of the molecule is CN(Cc1nnc2n1CCC2)C(=O)CCNC1CC1. The van der Waals surface area contributed by atoms with Crippen LogP contribution in [0.2, 0.25) is 0 Å². The first-order valence-corrected chi connectivity index (χ1v) is 7.12. The van der Waals surface area contributed by atoms with Crippen LogP contribution >= 0.6 is 0 Å². The Balaban J connectivity index is 1.48. The van der Waals surface area contributed by atoms with E-state index in [0.29, 0.717) is 19.0 Å². The third-order valence-corrected chi connectivity index (χ3v) is 3.84. The Hall–Kier alpha value is -1.43. The smallest absolute Gasteiger partial charge is 0.223 e. The minimum Gasteiger partial charge on any atom is -0.338 e. The standard InChI is InChI=1S/C13H21N5O/c1-17(13(19)6-7-14-10-4-5-10)9-12-16-15-11-3-2-8-18(11)12/h10,14H,2-9H2,1H3. The predicted molar refractivity (Wildman–Crippen MR) is 70.5 cm³/mol. The normalized spacial score (nSPS) is 17.5. The summed E-state index contributed by atoms with van der Waals surface area (Å²) in [5.41, 5.74) is 0. The van der Waals surface area contributed by atoms with E-state index in [1.165, 1.54) is 12.8 Å². The molecule has 0 saturated heterocycles. The lowest BCUT2D eigenvalue weighted by atomic mass is 10.3. The number of fused-ring (bicyclic) bond motifs is 1. The van der Waals surface area contributed by atoms with E-state index in [1.54, 1.807) is 4.90 Å². The van der Waals surface area contributed by atoms with Crippen molar-refractivity contribution in [3.8, 4) is 0 Å². The molecule has 0 bridgehead atoms. The van der Waals surface area contributed by atoms with Crippen LogP contribution in [0.15, 0.2) is 0 Å². The Bertz CT molecular complexity index is 466. The van der Waals surface area contributed by atoms with E-state index in [0.717, 1.165) is 37.6 Å². The summed E-state index contributed by atoms with van der Waals surface area (Å²) in [4.78, 5) is 13.8. The molecule has 2 heterocycles. The summed E-state index contributed by atoms with van der Waals surface area (Å²) in [7, 11) is 1.84. The van der Waals surface area contributed by atoms with Gasteiger partial charge in [0.25, 0.3) is 0 Å². The maximum Gasteiger partial charge on any atom is 0.223 e. The number of carbonyl (C=O) groups is 1. The van der Waals surface area contributed by atoms with Crippen molar-refractivity contribution < 1.29 is 4.79 Å². The van der Waals surface area contributed by atoms with Gasteiger partial charge in [0.2, 0.25) is 5.91 Å². The molecule has 1 N–H and O–H groups in total. The number of aryl methyl sites for hydroxylation is 1. The highest BCUT2D eigenvalue weighted by Gasteiger charge is 2.22. The lowest BCUT2D eigenvalue weighted by Gasteiger charge is -2.17. The molecule has 3 rings (SSSR count). The lowest BCUT2D eigenvalue weighted by Crippen LogP contribution is -2.31. The summed E-state index contributed by atoms with van der Waals surface area (Å²) >= 11 is 0. The molecule has 0 spiro atoms. The summed E-state index contributed by atoms with van der Waals surface area (Å²) in [6, 6.07) is 0.665. The molecule has 1 saturated carbocycles. The van der Waals surface area contributed by atoms with E-state index in [-0.39, 0.29) is 5.91 Å². The second kappa shape index (κ2) is 5.28. The van der Waals surface area contributed by atoms with Gasteiger partial charge in [-0.15, -0.1) is 10.2 Å². The third kappa shape index (κ3) is 2.94. The minimum atomic E-state index is 0.170. The lowest BCUT2D eigenvalue weighted by molar-refractivity contribution is -0.130. The topological polar surface area (TPSA) is 63.1 Å². The van der Waals surface area contributed by atoms with Crippen LogP contribution in [0.1, 0.15) is 37.3 Å². The molecule has 1 fully saturated rings. The molecule has 0 radical (unpaired) electrons. The van der Waals surface area contributed by atoms with Crippen LogP contribution < -0.4 is 5.32 Å². The van der Waals surface area contributed by atoms with Crippen LogP contribution in [0, 0.1) is 0 Å². The molecule has 0 unspecified atom stereocenters. The molecule has 1 aliphatic carbocycles. The maximum atomic E-state index is 12.0. The molecule has 0 atom stereocenters. The molecule has 6 nitrogen and oxygen atoms in total. The fraction of sp³-hybridized carbons (Fsp3) is 0.769. The number of nitrogens with zero attached hydrogens (tertiary/aromatic N) is 4. The Morgan fingerprint density at radius 2 is 2.32 bits per heavy atom. The van der Waals surface area contributed by atoms with Gasteiger partial charge in [0.1, 0.15) is 5.82 Å². The number of rotatable bonds is 6. The van der Waals surface area contributed by atoms with Crippen LogP contribution in [-0.2, 0) is 24.3 Å². The predicted octanol–water partition coefficient (Wildman–Crippen LogP) is 0.325. The van der Waals surface area contributed by atoms with Crippen molar-refractivity contribution in [3.63, 3.8) is 0 Å². The number of nitrogens with one attached hydrogen (secondary N) is 1. The van der Waals surface area contributed by atoms with Crippen LogP contribution in [0.4, 0.5) is 0 Å². The molecule has 0 aromatic carbocycles. The molecular weight excluding hydrogens is 242 g/mol. The van der Waals surface area contributed by atoms with Crippen molar-refractivity contribution in [2.24, 2.45) is 0 Å². The zero-order valence-corrected chi connectivity index (χ0v) is 11.4. The number of hydrogen-bond donors (Lipinski definition) is 1. The van der Waals surface area contributed by atoms with Crippen LogP contribution in [0.5, 0.6) is 0 Å².